The largest absolute Gasteiger partial charge is 0.455 e. The maximum absolute atomic E-state index is 12.4. The van der Waals surface area contributed by atoms with E-state index in [4.69, 9.17) is 4.74 Å². The van der Waals surface area contributed by atoms with Gasteiger partial charge in [-0.25, -0.2) is 0 Å². The van der Waals surface area contributed by atoms with Crippen molar-refractivity contribution in [1.82, 2.24) is 0 Å². The number of hydrogen-bond acceptors (Lipinski definition) is 4. The predicted octanol–water partition coefficient (Wildman–Crippen LogP) is 3.40. The van der Waals surface area contributed by atoms with Gasteiger partial charge in [0.15, 0.2) is 6.61 Å². The molecule has 152 valence electrons. The summed E-state index contributed by atoms with van der Waals surface area (Å²) in [5, 5.41) is 2.70. The smallest absolute Gasteiger partial charge is 0.311 e. The summed E-state index contributed by atoms with van der Waals surface area (Å²) in [7, 11) is 0. The Balaban J connectivity index is 1.53. The van der Waals surface area contributed by atoms with Gasteiger partial charge in [0.2, 0.25) is 5.91 Å². The van der Waals surface area contributed by atoms with Crippen molar-refractivity contribution < 1.29 is 19.1 Å². The molecule has 1 saturated heterocycles. The highest BCUT2D eigenvalue weighted by Gasteiger charge is 2.36. The molecule has 6 nitrogen and oxygen atoms in total. The minimum absolute atomic E-state index is 0.0895. The molecule has 1 N–H and O–H groups in total. The lowest BCUT2D eigenvalue weighted by atomic mass is 10.1. The van der Waals surface area contributed by atoms with Crippen molar-refractivity contribution >= 4 is 29.2 Å². The molecule has 1 atom stereocenters. The molecule has 1 aliphatic rings. The lowest BCUT2D eigenvalue weighted by Gasteiger charge is -2.19. The van der Waals surface area contributed by atoms with Gasteiger partial charge in [-0.1, -0.05) is 36.8 Å². The zero-order valence-electron chi connectivity index (χ0n) is 17.0. The number of rotatable bonds is 6. The zero-order chi connectivity index (χ0) is 21.0. The topological polar surface area (TPSA) is 75.7 Å². The fraction of sp³-hybridized carbons (Fsp3) is 0.348. The van der Waals surface area contributed by atoms with E-state index in [0.29, 0.717) is 5.69 Å². The van der Waals surface area contributed by atoms with Gasteiger partial charge in [0.05, 0.1) is 5.92 Å². The minimum atomic E-state index is -0.570. The molecular weight excluding hydrogens is 368 g/mol. The Morgan fingerprint density at radius 3 is 2.52 bits per heavy atom. The van der Waals surface area contributed by atoms with Crippen molar-refractivity contribution in [3.05, 3.63) is 59.2 Å². The Morgan fingerprint density at radius 2 is 1.86 bits per heavy atom. The van der Waals surface area contributed by atoms with E-state index in [2.05, 4.69) is 12.2 Å². The van der Waals surface area contributed by atoms with Crippen molar-refractivity contribution in [1.29, 1.82) is 0 Å². The molecule has 2 aromatic carbocycles. The molecule has 2 amide bonds. The third-order valence-corrected chi connectivity index (χ3v) is 5.09. The summed E-state index contributed by atoms with van der Waals surface area (Å²) >= 11 is 0. The summed E-state index contributed by atoms with van der Waals surface area (Å²) in [6.45, 7) is 5.89. The summed E-state index contributed by atoms with van der Waals surface area (Å²) in [5.74, 6) is -1.61. The molecule has 0 aliphatic carbocycles. The Kier molecular flexibility index (Phi) is 6.32. The molecule has 29 heavy (non-hydrogen) atoms. The average molecular weight is 394 g/mol. The van der Waals surface area contributed by atoms with Gasteiger partial charge in [-0.3, -0.25) is 14.4 Å². The van der Waals surface area contributed by atoms with E-state index < -0.39 is 17.8 Å². The summed E-state index contributed by atoms with van der Waals surface area (Å²) in [5.41, 5.74) is 4.74. The third kappa shape index (κ3) is 5.02. The van der Waals surface area contributed by atoms with Crippen LogP contribution in [0.15, 0.2) is 42.5 Å². The summed E-state index contributed by atoms with van der Waals surface area (Å²) < 4.78 is 5.16. The van der Waals surface area contributed by atoms with E-state index in [0.717, 1.165) is 23.2 Å². The van der Waals surface area contributed by atoms with Crippen LogP contribution < -0.4 is 10.2 Å². The summed E-state index contributed by atoms with van der Waals surface area (Å²) in [6.07, 6.45) is 1.01. The lowest BCUT2D eigenvalue weighted by Crippen LogP contribution is -2.28. The maximum atomic E-state index is 12.4. The Bertz CT molecular complexity index is 921. The number of benzene rings is 2. The highest BCUT2D eigenvalue weighted by atomic mass is 16.5. The number of esters is 1. The molecular formula is C23H26N2O4. The van der Waals surface area contributed by atoms with Gasteiger partial charge in [-0.05, 0) is 49.6 Å². The fourth-order valence-corrected chi connectivity index (χ4v) is 3.48. The first-order chi connectivity index (χ1) is 13.9. The third-order valence-electron chi connectivity index (χ3n) is 5.09. The van der Waals surface area contributed by atoms with Crippen LogP contribution in [0.2, 0.25) is 0 Å². The van der Waals surface area contributed by atoms with Crippen LogP contribution >= 0.6 is 0 Å². The molecule has 0 radical (unpaired) electrons. The standard InChI is InChI=1S/C23H26N2O4/c1-4-17-6-8-19(9-7-17)24-21(26)14-29-23(28)18-12-22(27)25(13-18)20-10-5-15(2)11-16(20)3/h5-11,18H,4,12-14H2,1-3H3,(H,24,26)/t18-/m0/s1. The van der Waals surface area contributed by atoms with E-state index in [9.17, 15) is 14.4 Å². The number of carbonyl (C=O) groups is 3. The van der Waals surface area contributed by atoms with Crippen molar-refractivity contribution in [2.45, 2.75) is 33.6 Å². The van der Waals surface area contributed by atoms with E-state index in [-0.39, 0.29) is 25.5 Å². The van der Waals surface area contributed by atoms with Crippen LogP contribution in [0, 0.1) is 19.8 Å². The van der Waals surface area contributed by atoms with Crippen LogP contribution in [0.25, 0.3) is 0 Å². The van der Waals surface area contributed by atoms with E-state index in [1.54, 1.807) is 4.90 Å². The molecule has 0 saturated carbocycles. The van der Waals surface area contributed by atoms with Crippen LogP contribution in [-0.4, -0.2) is 30.9 Å². The van der Waals surface area contributed by atoms with Gasteiger partial charge in [-0.2, -0.15) is 0 Å². The SMILES string of the molecule is CCc1ccc(NC(=O)COC(=O)[C@H]2CC(=O)N(c3ccc(C)cc3C)C2)cc1. The number of nitrogens with zero attached hydrogens (tertiary/aromatic N) is 1. The van der Waals surface area contributed by atoms with Gasteiger partial charge in [-0.15, -0.1) is 0 Å². The second kappa shape index (κ2) is 8.90. The van der Waals surface area contributed by atoms with Crippen LogP contribution in [0.4, 0.5) is 11.4 Å². The van der Waals surface area contributed by atoms with Gasteiger partial charge >= 0.3 is 5.97 Å². The minimum Gasteiger partial charge on any atom is -0.455 e. The van der Waals surface area contributed by atoms with Crippen LogP contribution in [-0.2, 0) is 25.5 Å². The number of hydrogen-bond donors (Lipinski definition) is 1. The number of ether oxygens (including phenoxy) is 1. The van der Waals surface area contributed by atoms with Crippen molar-refractivity contribution in [2.75, 3.05) is 23.4 Å². The van der Waals surface area contributed by atoms with Crippen LogP contribution in [0.1, 0.15) is 30.0 Å². The number of anilines is 2. The second-order valence-electron chi connectivity index (χ2n) is 7.40. The molecule has 2 aromatic rings. The predicted molar refractivity (Wildman–Crippen MR) is 112 cm³/mol. The van der Waals surface area contributed by atoms with E-state index >= 15 is 0 Å². The Hall–Kier alpha value is -3.15. The monoisotopic (exact) mass is 394 g/mol. The molecule has 0 bridgehead atoms. The van der Waals surface area contributed by atoms with E-state index in [1.807, 2.05) is 56.3 Å². The van der Waals surface area contributed by atoms with Crippen molar-refractivity contribution in [2.24, 2.45) is 5.92 Å². The highest BCUT2D eigenvalue weighted by molar-refractivity contribution is 6.00. The van der Waals surface area contributed by atoms with Gasteiger partial charge in [0, 0.05) is 24.3 Å². The summed E-state index contributed by atoms with van der Waals surface area (Å²) in [4.78, 5) is 38.4. The first kappa shape index (κ1) is 20.6. The number of carbonyl (C=O) groups excluding carboxylic acids is 3. The maximum Gasteiger partial charge on any atom is 0.311 e. The molecule has 6 heteroatoms. The Morgan fingerprint density at radius 1 is 1.14 bits per heavy atom. The fourth-order valence-electron chi connectivity index (χ4n) is 3.48. The molecule has 3 rings (SSSR count). The Labute approximate surface area is 170 Å². The molecule has 1 aliphatic heterocycles. The molecule has 1 heterocycles. The normalized spacial score (nSPS) is 16.0. The lowest BCUT2D eigenvalue weighted by molar-refractivity contribution is -0.151. The second-order valence-corrected chi connectivity index (χ2v) is 7.40. The number of aryl methyl sites for hydroxylation is 3. The van der Waals surface area contributed by atoms with E-state index in [1.165, 1.54) is 5.56 Å². The summed E-state index contributed by atoms with van der Waals surface area (Å²) in [6, 6.07) is 13.4. The van der Waals surface area contributed by atoms with Gasteiger partial charge < -0.3 is 15.0 Å². The first-order valence-electron chi connectivity index (χ1n) is 9.80. The van der Waals surface area contributed by atoms with Gasteiger partial charge in [0.1, 0.15) is 0 Å². The number of nitrogens with one attached hydrogen (secondary N) is 1. The molecule has 0 aromatic heterocycles. The highest BCUT2D eigenvalue weighted by Crippen LogP contribution is 2.29. The molecule has 0 spiro atoms. The molecule has 0 unspecified atom stereocenters. The van der Waals surface area contributed by atoms with Crippen molar-refractivity contribution in [3.63, 3.8) is 0 Å². The molecule has 1 fully saturated rings. The first-order valence-corrected chi connectivity index (χ1v) is 9.80. The van der Waals surface area contributed by atoms with Crippen LogP contribution in [0.5, 0.6) is 0 Å². The van der Waals surface area contributed by atoms with Gasteiger partial charge in [0.25, 0.3) is 5.91 Å². The van der Waals surface area contributed by atoms with Crippen LogP contribution in [0.3, 0.4) is 0 Å². The van der Waals surface area contributed by atoms with Crippen molar-refractivity contribution in [3.8, 4) is 0 Å². The zero-order valence-corrected chi connectivity index (χ0v) is 17.0. The average Bonchev–Trinajstić information content (AvgIpc) is 3.08. The number of amides is 2. The quantitative estimate of drug-likeness (QED) is 0.762.